The van der Waals surface area contributed by atoms with Crippen LogP contribution in [-0.2, 0) is 4.79 Å². The van der Waals surface area contributed by atoms with Crippen molar-refractivity contribution in [3.8, 4) is 11.5 Å². The topological polar surface area (TPSA) is 47.6 Å². The van der Waals surface area contributed by atoms with E-state index in [2.05, 4.69) is 11.9 Å². The Morgan fingerprint density at radius 1 is 1.04 bits per heavy atom. The molecule has 0 aliphatic heterocycles. The molecule has 0 heterocycles. The number of anilines is 1. The molecule has 0 bridgehead atoms. The molecule has 0 aliphatic rings. The highest BCUT2D eigenvalue weighted by atomic mass is 16.5. The molecule has 1 N–H and O–H groups in total. The van der Waals surface area contributed by atoms with Crippen molar-refractivity contribution in [2.24, 2.45) is 0 Å². The van der Waals surface area contributed by atoms with E-state index in [1.54, 1.807) is 25.1 Å². The molecular formula is C22H21NO3. The molecule has 0 saturated carbocycles. The van der Waals surface area contributed by atoms with Crippen LogP contribution >= 0.6 is 0 Å². The third-order valence-corrected chi connectivity index (χ3v) is 3.87. The first-order valence-corrected chi connectivity index (χ1v) is 8.46. The number of hydrogen-bond acceptors (Lipinski definition) is 3. The van der Waals surface area contributed by atoms with Gasteiger partial charge in [0.2, 0.25) is 0 Å². The third-order valence-electron chi connectivity index (χ3n) is 3.87. The quantitative estimate of drug-likeness (QED) is 0.624. The highest BCUT2D eigenvalue weighted by molar-refractivity contribution is 5.94. The van der Waals surface area contributed by atoms with Gasteiger partial charge in [-0.3, -0.25) is 4.79 Å². The Balaban J connectivity index is 1.64. The van der Waals surface area contributed by atoms with E-state index >= 15 is 0 Å². The monoisotopic (exact) mass is 347 g/mol. The number of hydrogen-bond donors (Lipinski definition) is 1. The molecule has 4 heteroatoms. The number of ether oxygens (including phenoxy) is 2. The van der Waals surface area contributed by atoms with Gasteiger partial charge in [-0.2, -0.15) is 0 Å². The van der Waals surface area contributed by atoms with Crippen LogP contribution in [0.4, 0.5) is 5.69 Å². The summed E-state index contributed by atoms with van der Waals surface area (Å²) in [4.78, 5) is 12.4. The Morgan fingerprint density at radius 2 is 1.85 bits per heavy atom. The summed E-state index contributed by atoms with van der Waals surface area (Å²) in [5.41, 5.74) is 0.658. The van der Waals surface area contributed by atoms with Crippen molar-refractivity contribution in [1.29, 1.82) is 0 Å². The summed E-state index contributed by atoms with van der Waals surface area (Å²) in [6.45, 7) is 5.76. The maximum atomic E-state index is 12.4. The van der Waals surface area contributed by atoms with Crippen LogP contribution in [0.3, 0.4) is 0 Å². The van der Waals surface area contributed by atoms with Crippen molar-refractivity contribution in [3.05, 3.63) is 79.4 Å². The summed E-state index contributed by atoms with van der Waals surface area (Å²) >= 11 is 0. The van der Waals surface area contributed by atoms with Crippen molar-refractivity contribution >= 4 is 22.4 Å². The molecule has 1 amide bonds. The zero-order valence-corrected chi connectivity index (χ0v) is 14.6. The van der Waals surface area contributed by atoms with Crippen LogP contribution in [0.5, 0.6) is 11.5 Å². The minimum atomic E-state index is -0.631. The SMILES string of the molecule is C=CCOc1cccc(NC(=O)[C@H](C)Oc2ccc3ccccc3c2)c1. The molecule has 0 aromatic heterocycles. The lowest BCUT2D eigenvalue weighted by Gasteiger charge is -2.15. The second-order valence-electron chi connectivity index (χ2n) is 5.89. The average Bonchev–Trinajstić information content (AvgIpc) is 2.66. The van der Waals surface area contributed by atoms with Crippen molar-refractivity contribution in [2.45, 2.75) is 13.0 Å². The van der Waals surface area contributed by atoms with Crippen molar-refractivity contribution in [2.75, 3.05) is 11.9 Å². The number of amides is 1. The molecule has 0 unspecified atom stereocenters. The Bertz CT molecular complexity index is 920. The van der Waals surface area contributed by atoms with E-state index < -0.39 is 6.10 Å². The lowest BCUT2D eigenvalue weighted by atomic mass is 10.1. The van der Waals surface area contributed by atoms with E-state index in [9.17, 15) is 4.79 Å². The molecule has 3 aromatic carbocycles. The zero-order chi connectivity index (χ0) is 18.4. The predicted molar refractivity (Wildman–Crippen MR) is 105 cm³/mol. The van der Waals surface area contributed by atoms with Gasteiger partial charge in [-0.15, -0.1) is 0 Å². The van der Waals surface area contributed by atoms with E-state index in [0.29, 0.717) is 23.8 Å². The van der Waals surface area contributed by atoms with Gasteiger partial charge >= 0.3 is 0 Å². The first-order chi connectivity index (χ1) is 12.7. The van der Waals surface area contributed by atoms with Gasteiger partial charge in [0.05, 0.1) is 0 Å². The minimum absolute atomic E-state index is 0.223. The molecule has 0 fully saturated rings. The second kappa shape index (κ2) is 8.21. The molecule has 3 rings (SSSR count). The van der Waals surface area contributed by atoms with E-state index in [0.717, 1.165) is 10.8 Å². The van der Waals surface area contributed by atoms with Crippen LogP contribution in [-0.4, -0.2) is 18.6 Å². The number of nitrogens with one attached hydrogen (secondary N) is 1. The molecular weight excluding hydrogens is 326 g/mol. The highest BCUT2D eigenvalue weighted by Crippen LogP contribution is 2.22. The fourth-order valence-corrected chi connectivity index (χ4v) is 2.56. The molecule has 0 aliphatic carbocycles. The van der Waals surface area contributed by atoms with E-state index in [-0.39, 0.29) is 5.91 Å². The largest absolute Gasteiger partial charge is 0.489 e. The molecule has 0 saturated heterocycles. The van der Waals surface area contributed by atoms with E-state index in [4.69, 9.17) is 9.47 Å². The van der Waals surface area contributed by atoms with Crippen molar-refractivity contribution in [1.82, 2.24) is 0 Å². The Kier molecular flexibility index (Phi) is 5.54. The average molecular weight is 347 g/mol. The standard InChI is InChI=1S/C22H21NO3/c1-3-13-25-20-10-6-9-19(15-20)23-22(24)16(2)26-21-12-11-17-7-4-5-8-18(17)14-21/h3-12,14-16H,1,13H2,2H3,(H,23,24)/t16-/m0/s1. The molecule has 0 radical (unpaired) electrons. The summed E-state index contributed by atoms with van der Waals surface area (Å²) < 4.78 is 11.3. The molecule has 1 atom stereocenters. The lowest BCUT2D eigenvalue weighted by Crippen LogP contribution is -2.30. The lowest BCUT2D eigenvalue weighted by molar-refractivity contribution is -0.122. The summed E-state index contributed by atoms with van der Waals surface area (Å²) in [6.07, 6.45) is 1.04. The number of benzene rings is 3. The molecule has 0 spiro atoms. The van der Waals surface area contributed by atoms with Gasteiger partial charge in [-0.1, -0.05) is 49.1 Å². The van der Waals surface area contributed by atoms with Crippen LogP contribution < -0.4 is 14.8 Å². The fourth-order valence-electron chi connectivity index (χ4n) is 2.56. The van der Waals surface area contributed by atoms with Gasteiger partial charge in [-0.25, -0.2) is 0 Å². The molecule has 3 aromatic rings. The number of carbonyl (C=O) groups excluding carboxylic acids is 1. The summed E-state index contributed by atoms with van der Waals surface area (Å²) in [5.74, 6) is 1.11. The Morgan fingerprint density at radius 3 is 2.65 bits per heavy atom. The Labute approximate surface area is 153 Å². The predicted octanol–water partition coefficient (Wildman–Crippen LogP) is 4.81. The summed E-state index contributed by atoms with van der Waals surface area (Å²) in [6, 6.07) is 21.0. The summed E-state index contributed by atoms with van der Waals surface area (Å²) in [5, 5.41) is 5.05. The fraction of sp³-hybridized carbons (Fsp3) is 0.136. The van der Waals surface area contributed by atoms with Gasteiger partial charge in [-0.05, 0) is 42.0 Å². The second-order valence-corrected chi connectivity index (χ2v) is 5.89. The third kappa shape index (κ3) is 4.42. The molecule has 4 nitrogen and oxygen atoms in total. The first-order valence-electron chi connectivity index (χ1n) is 8.46. The van der Waals surface area contributed by atoms with E-state index in [1.807, 2.05) is 54.6 Å². The van der Waals surface area contributed by atoms with Gasteiger partial charge in [0.15, 0.2) is 6.10 Å². The zero-order valence-electron chi connectivity index (χ0n) is 14.6. The van der Waals surface area contributed by atoms with Gasteiger partial charge < -0.3 is 14.8 Å². The van der Waals surface area contributed by atoms with Crippen LogP contribution in [0.25, 0.3) is 10.8 Å². The van der Waals surface area contributed by atoms with E-state index in [1.165, 1.54) is 0 Å². The maximum absolute atomic E-state index is 12.4. The number of rotatable bonds is 7. The maximum Gasteiger partial charge on any atom is 0.265 e. The number of fused-ring (bicyclic) bond motifs is 1. The van der Waals surface area contributed by atoms with Gasteiger partial charge in [0.1, 0.15) is 18.1 Å². The smallest absolute Gasteiger partial charge is 0.265 e. The molecule has 26 heavy (non-hydrogen) atoms. The van der Waals surface area contributed by atoms with Crippen LogP contribution in [0.1, 0.15) is 6.92 Å². The van der Waals surface area contributed by atoms with Crippen LogP contribution in [0.15, 0.2) is 79.4 Å². The van der Waals surface area contributed by atoms with Gasteiger partial charge in [0.25, 0.3) is 5.91 Å². The van der Waals surface area contributed by atoms with Crippen LogP contribution in [0.2, 0.25) is 0 Å². The molecule has 132 valence electrons. The van der Waals surface area contributed by atoms with Crippen molar-refractivity contribution < 1.29 is 14.3 Å². The highest BCUT2D eigenvalue weighted by Gasteiger charge is 2.15. The number of carbonyl (C=O) groups is 1. The minimum Gasteiger partial charge on any atom is -0.489 e. The first kappa shape index (κ1) is 17.5. The van der Waals surface area contributed by atoms with Gasteiger partial charge in [0, 0.05) is 11.8 Å². The Hall–Kier alpha value is -3.27. The van der Waals surface area contributed by atoms with Crippen LogP contribution in [0, 0.1) is 0 Å². The summed E-state index contributed by atoms with van der Waals surface area (Å²) in [7, 11) is 0. The normalized spacial score (nSPS) is 11.6. The van der Waals surface area contributed by atoms with Crippen molar-refractivity contribution in [3.63, 3.8) is 0 Å².